The minimum absolute atomic E-state index is 0.00124. The maximum absolute atomic E-state index is 12.7. The second-order valence-electron chi connectivity index (χ2n) is 7.99. The van der Waals surface area contributed by atoms with Gasteiger partial charge >= 0.3 is 0 Å². The van der Waals surface area contributed by atoms with Gasteiger partial charge in [-0.05, 0) is 67.3 Å². The Labute approximate surface area is 194 Å². The highest BCUT2D eigenvalue weighted by Crippen LogP contribution is 2.35. The van der Waals surface area contributed by atoms with E-state index in [1.54, 1.807) is 29.2 Å². The minimum atomic E-state index is -0.190. The van der Waals surface area contributed by atoms with Crippen LogP contribution in [-0.2, 0) is 11.2 Å². The van der Waals surface area contributed by atoms with Crippen molar-refractivity contribution in [2.24, 2.45) is 0 Å². The van der Waals surface area contributed by atoms with Crippen LogP contribution in [0.15, 0.2) is 66.7 Å². The van der Waals surface area contributed by atoms with Crippen LogP contribution in [0.3, 0.4) is 0 Å². The van der Waals surface area contributed by atoms with E-state index in [4.69, 9.17) is 9.47 Å². The minimum Gasteiger partial charge on any atom is -0.494 e. The maximum atomic E-state index is 12.7. The van der Waals surface area contributed by atoms with Crippen LogP contribution in [0.25, 0.3) is 0 Å². The highest BCUT2D eigenvalue weighted by atomic mass is 16.5. The van der Waals surface area contributed by atoms with Crippen LogP contribution in [0.4, 0.5) is 11.4 Å². The molecule has 33 heavy (non-hydrogen) atoms. The van der Waals surface area contributed by atoms with Gasteiger partial charge in [0.1, 0.15) is 11.5 Å². The first-order valence-corrected chi connectivity index (χ1v) is 11.2. The smallest absolute Gasteiger partial charge is 0.265 e. The predicted octanol–water partition coefficient (Wildman–Crippen LogP) is 5.00. The van der Waals surface area contributed by atoms with Gasteiger partial charge in [-0.2, -0.15) is 0 Å². The first-order chi connectivity index (χ1) is 16.0. The van der Waals surface area contributed by atoms with Gasteiger partial charge in [0, 0.05) is 17.8 Å². The number of hydrogen-bond donors (Lipinski definition) is 1. The van der Waals surface area contributed by atoms with Crippen molar-refractivity contribution in [3.8, 4) is 11.5 Å². The third-order valence-electron chi connectivity index (χ3n) is 5.68. The van der Waals surface area contributed by atoms with Crippen LogP contribution in [-0.4, -0.2) is 31.6 Å². The summed E-state index contributed by atoms with van der Waals surface area (Å²) in [5, 5.41) is 2.93. The third kappa shape index (κ3) is 5.34. The Hall–Kier alpha value is -3.80. The number of nitrogens with one attached hydrogen (secondary N) is 1. The van der Waals surface area contributed by atoms with E-state index in [-0.39, 0.29) is 18.4 Å². The zero-order valence-corrected chi connectivity index (χ0v) is 19.0. The van der Waals surface area contributed by atoms with Crippen molar-refractivity contribution >= 4 is 23.2 Å². The highest BCUT2D eigenvalue weighted by molar-refractivity contribution is 6.06. The van der Waals surface area contributed by atoms with Crippen molar-refractivity contribution in [2.75, 3.05) is 30.0 Å². The number of benzene rings is 3. The summed E-state index contributed by atoms with van der Waals surface area (Å²) in [5.74, 6) is 1.14. The molecule has 3 aromatic carbocycles. The largest absolute Gasteiger partial charge is 0.494 e. The fourth-order valence-electron chi connectivity index (χ4n) is 3.79. The molecule has 1 aliphatic rings. The summed E-state index contributed by atoms with van der Waals surface area (Å²) in [6.45, 7) is 5.01. The average Bonchev–Trinajstić information content (AvgIpc) is 2.83. The number of rotatable bonds is 8. The van der Waals surface area contributed by atoms with Crippen LogP contribution in [0.2, 0.25) is 0 Å². The highest BCUT2D eigenvalue weighted by Gasteiger charge is 2.26. The fourth-order valence-corrected chi connectivity index (χ4v) is 3.79. The van der Waals surface area contributed by atoms with Crippen molar-refractivity contribution in [3.05, 3.63) is 83.4 Å². The second kappa shape index (κ2) is 10.2. The summed E-state index contributed by atoms with van der Waals surface area (Å²) in [6.07, 6.45) is 1.66. The zero-order valence-electron chi connectivity index (χ0n) is 19.0. The lowest BCUT2D eigenvalue weighted by Crippen LogP contribution is -2.39. The van der Waals surface area contributed by atoms with E-state index < -0.39 is 0 Å². The van der Waals surface area contributed by atoms with Crippen molar-refractivity contribution in [1.82, 2.24) is 0 Å². The molecule has 0 atom stereocenters. The predicted molar refractivity (Wildman–Crippen MR) is 129 cm³/mol. The van der Waals surface area contributed by atoms with Crippen LogP contribution >= 0.6 is 0 Å². The summed E-state index contributed by atoms with van der Waals surface area (Å²) >= 11 is 0. The zero-order chi connectivity index (χ0) is 23.2. The topological polar surface area (TPSA) is 67.9 Å². The van der Waals surface area contributed by atoms with Gasteiger partial charge in [0.2, 0.25) is 0 Å². The Bertz CT molecular complexity index is 1140. The molecule has 2 amide bonds. The van der Waals surface area contributed by atoms with Gasteiger partial charge in [-0.1, -0.05) is 37.3 Å². The summed E-state index contributed by atoms with van der Waals surface area (Å²) < 4.78 is 11.4. The number of amides is 2. The Morgan fingerprint density at radius 1 is 1.09 bits per heavy atom. The summed E-state index contributed by atoms with van der Waals surface area (Å²) in [7, 11) is 0. The molecular formula is C27H28N2O4. The van der Waals surface area contributed by atoms with Crippen LogP contribution < -0.4 is 19.7 Å². The lowest BCUT2D eigenvalue weighted by atomic mass is 10.1. The second-order valence-corrected chi connectivity index (χ2v) is 7.99. The Morgan fingerprint density at radius 2 is 1.88 bits per heavy atom. The number of ether oxygens (including phenoxy) is 2. The molecule has 3 aromatic rings. The molecule has 0 aliphatic carbocycles. The summed E-state index contributed by atoms with van der Waals surface area (Å²) in [5.41, 5.74) is 4.04. The standard InChI is InChI=1S/C27H28N2O4/c1-3-20-9-12-22(13-10-20)32-16-6-15-29-24-17-21(11-14-25(24)33-18-26(29)30)28-27(31)23-8-5-4-7-19(23)2/h4-5,7-14,17H,3,6,15-16,18H2,1-2H3,(H,28,31). The monoisotopic (exact) mass is 444 g/mol. The number of carbonyl (C=O) groups excluding carboxylic acids is 2. The summed E-state index contributed by atoms with van der Waals surface area (Å²) in [4.78, 5) is 27.0. The molecule has 0 unspecified atom stereocenters. The van der Waals surface area contributed by atoms with E-state index in [1.165, 1.54) is 5.56 Å². The third-order valence-corrected chi connectivity index (χ3v) is 5.68. The number of anilines is 2. The maximum Gasteiger partial charge on any atom is 0.265 e. The molecule has 6 nitrogen and oxygen atoms in total. The van der Waals surface area contributed by atoms with Crippen LogP contribution in [0.1, 0.15) is 34.8 Å². The van der Waals surface area contributed by atoms with Crippen molar-refractivity contribution in [1.29, 1.82) is 0 Å². The van der Waals surface area contributed by atoms with Crippen LogP contribution in [0, 0.1) is 6.92 Å². The molecule has 170 valence electrons. The number of nitrogens with zero attached hydrogens (tertiary/aromatic N) is 1. The van der Waals surface area contributed by atoms with Gasteiger partial charge in [-0.25, -0.2) is 0 Å². The van der Waals surface area contributed by atoms with Gasteiger partial charge < -0.3 is 19.7 Å². The molecule has 0 saturated carbocycles. The SMILES string of the molecule is CCc1ccc(OCCCN2C(=O)COc3ccc(NC(=O)c4ccccc4C)cc32)cc1. The Kier molecular flexibility index (Phi) is 6.93. The van der Waals surface area contributed by atoms with Gasteiger partial charge in [0.05, 0.1) is 12.3 Å². The molecule has 0 fully saturated rings. The first kappa shape index (κ1) is 22.4. The van der Waals surface area contributed by atoms with Gasteiger partial charge in [0.25, 0.3) is 11.8 Å². The molecule has 1 aliphatic heterocycles. The van der Waals surface area contributed by atoms with Crippen molar-refractivity contribution < 1.29 is 19.1 Å². The lowest BCUT2D eigenvalue weighted by molar-refractivity contribution is -0.121. The molecule has 0 bridgehead atoms. The number of fused-ring (bicyclic) bond motifs is 1. The molecule has 0 radical (unpaired) electrons. The molecule has 0 aromatic heterocycles. The molecular weight excluding hydrogens is 416 g/mol. The van der Waals surface area contributed by atoms with E-state index in [9.17, 15) is 9.59 Å². The van der Waals surface area contributed by atoms with Crippen molar-refractivity contribution in [2.45, 2.75) is 26.7 Å². The van der Waals surface area contributed by atoms with E-state index in [0.717, 1.165) is 17.7 Å². The van der Waals surface area contributed by atoms with E-state index in [0.29, 0.717) is 42.3 Å². The normalized spacial score (nSPS) is 12.7. The average molecular weight is 445 g/mol. The quantitative estimate of drug-likeness (QED) is 0.496. The lowest BCUT2D eigenvalue weighted by Gasteiger charge is -2.30. The van der Waals surface area contributed by atoms with Crippen LogP contribution in [0.5, 0.6) is 11.5 Å². The van der Waals surface area contributed by atoms with E-state index in [1.807, 2.05) is 37.3 Å². The number of hydrogen-bond acceptors (Lipinski definition) is 4. The van der Waals surface area contributed by atoms with E-state index >= 15 is 0 Å². The summed E-state index contributed by atoms with van der Waals surface area (Å²) in [6, 6.07) is 20.8. The molecule has 6 heteroatoms. The first-order valence-electron chi connectivity index (χ1n) is 11.2. The molecule has 0 saturated heterocycles. The van der Waals surface area contributed by atoms with Crippen molar-refractivity contribution in [3.63, 3.8) is 0 Å². The van der Waals surface area contributed by atoms with Gasteiger partial charge in [-0.15, -0.1) is 0 Å². The van der Waals surface area contributed by atoms with Gasteiger partial charge in [-0.3, -0.25) is 9.59 Å². The number of carbonyl (C=O) groups is 2. The molecule has 1 heterocycles. The van der Waals surface area contributed by atoms with Gasteiger partial charge in [0.15, 0.2) is 6.61 Å². The Balaban J connectivity index is 1.41. The molecule has 1 N–H and O–H groups in total. The Morgan fingerprint density at radius 3 is 2.64 bits per heavy atom. The number of aryl methyl sites for hydroxylation is 2. The molecule has 0 spiro atoms. The van der Waals surface area contributed by atoms with E-state index in [2.05, 4.69) is 24.4 Å². The molecule has 4 rings (SSSR count). The fraction of sp³-hybridized carbons (Fsp3) is 0.259.